The number of nitrogens with zero attached hydrogens (tertiary/aromatic N) is 2. The maximum atomic E-state index is 12.2. The summed E-state index contributed by atoms with van der Waals surface area (Å²) in [5.41, 5.74) is 1.21. The molecule has 2 N–H and O–H groups in total. The van der Waals surface area contributed by atoms with Crippen LogP contribution in [0.3, 0.4) is 0 Å². The van der Waals surface area contributed by atoms with Gasteiger partial charge < -0.3 is 10.2 Å². The van der Waals surface area contributed by atoms with Crippen LogP contribution in [-0.2, 0) is 19.4 Å². The van der Waals surface area contributed by atoms with Crippen molar-refractivity contribution in [3.8, 4) is 0 Å². The van der Waals surface area contributed by atoms with Crippen molar-refractivity contribution in [1.29, 1.82) is 0 Å². The summed E-state index contributed by atoms with van der Waals surface area (Å²) in [4.78, 5) is 25.4. The smallest absolute Gasteiger partial charge is 0.313 e. The highest BCUT2D eigenvalue weighted by Gasteiger charge is 2.34. The molecule has 0 bridgehead atoms. The van der Waals surface area contributed by atoms with E-state index in [9.17, 15) is 18.0 Å². The zero-order chi connectivity index (χ0) is 16.6. The van der Waals surface area contributed by atoms with Crippen LogP contribution in [0.4, 0.5) is 5.69 Å². The second kappa shape index (κ2) is 5.65. The number of H-pyrrole nitrogens is 1. The van der Waals surface area contributed by atoms with E-state index in [0.717, 1.165) is 10.9 Å². The second-order valence-corrected chi connectivity index (χ2v) is 7.83. The number of likely N-dealkylation sites (N-methyl/N-ethyl adjacent to an activating group) is 1. The number of aromatic amines is 1. The van der Waals surface area contributed by atoms with E-state index in [1.165, 1.54) is 11.9 Å². The number of fused-ring (bicyclic) bond motifs is 1. The first-order valence-electron chi connectivity index (χ1n) is 7.07. The van der Waals surface area contributed by atoms with Gasteiger partial charge in [0.25, 0.3) is 0 Å². The van der Waals surface area contributed by atoms with Crippen molar-refractivity contribution >= 4 is 38.2 Å². The third-order valence-electron chi connectivity index (χ3n) is 3.97. The van der Waals surface area contributed by atoms with Crippen LogP contribution >= 0.6 is 0 Å². The first-order valence-corrected chi connectivity index (χ1v) is 8.89. The van der Waals surface area contributed by atoms with E-state index in [1.54, 1.807) is 24.4 Å². The first-order chi connectivity index (χ1) is 10.9. The minimum atomic E-state index is -3.11. The van der Waals surface area contributed by atoms with Crippen LogP contribution in [0.25, 0.3) is 10.9 Å². The van der Waals surface area contributed by atoms with E-state index in [1.807, 2.05) is 0 Å². The third kappa shape index (κ3) is 3.19. The van der Waals surface area contributed by atoms with Crippen molar-refractivity contribution in [2.45, 2.75) is 12.5 Å². The Bertz CT molecular complexity index is 874. The molecule has 23 heavy (non-hydrogen) atoms. The number of amides is 2. The number of nitrogens with one attached hydrogen (secondary N) is 2. The number of sulfone groups is 1. The lowest BCUT2D eigenvalue weighted by molar-refractivity contribution is -0.143. The number of anilines is 1. The Morgan fingerprint density at radius 2 is 2.17 bits per heavy atom. The van der Waals surface area contributed by atoms with Crippen LogP contribution in [0.1, 0.15) is 6.42 Å². The Kier molecular flexibility index (Phi) is 3.80. The molecule has 0 aliphatic carbocycles. The molecule has 0 radical (unpaired) electrons. The molecule has 2 amide bonds. The van der Waals surface area contributed by atoms with Crippen molar-refractivity contribution in [2.24, 2.45) is 0 Å². The number of hydrogen-bond donors (Lipinski definition) is 2. The summed E-state index contributed by atoms with van der Waals surface area (Å²) < 4.78 is 23.0. The fraction of sp³-hybridized carbons (Fsp3) is 0.357. The zero-order valence-corrected chi connectivity index (χ0v) is 13.3. The molecule has 0 spiro atoms. The summed E-state index contributed by atoms with van der Waals surface area (Å²) in [6.07, 6.45) is 2.01. The molecule has 1 aromatic heterocycles. The van der Waals surface area contributed by atoms with Gasteiger partial charge >= 0.3 is 11.8 Å². The number of rotatable bonds is 2. The molecule has 3 rings (SSSR count). The molecular weight excluding hydrogens is 320 g/mol. The molecule has 122 valence electrons. The SMILES string of the molecule is CN(C(=O)C(=O)Nc1ccc2cn[nH]c2c1)C1CCS(=O)(=O)C1. The van der Waals surface area contributed by atoms with Crippen LogP contribution in [0.15, 0.2) is 24.4 Å². The summed E-state index contributed by atoms with van der Waals surface area (Å²) in [7, 11) is -1.66. The molecule has 1 fully saturated rings. The maximum Gasteiger partial charge on any atom is 0.313 e. The van der Waals surface area contributed by atoms with Gasteiger partial charge in [0.1, 0.15) is 0 Å². The minimum Gasteiger partial charge on any atom is -0.333 e. The van der Waals surface area contributed by atoms with Crippen LogP contribution in [-0.4, -0.2) is 59.9 Å². The van der Waals surface area contributed by atoms with E-state index in [4.69, 9.17) is 0 Å². The van der Waals surface area contributed by atoms with E-state index in [2.05, 4.69) is 15.5 Å². The van der Waals surface area contributed by atoms with Gasteiger partial charge in [0.05, 0.1) is 23.2 Å². The van der Waals surface area contributed by atoms with Gasteiger partial charge in [-0.05, 0) is 24.6 Å². The Morgan fingerprint density at radius 3 is 2.87 bits per heavy atom. The number of carbonyl (C=O) groups excluding carboxylic acids is 2. The average molecular weight is 336 g/mol. The molecule has 1 unspecified atom stereocenters. The van der Waals surface area contributed by atoms with Crippen molar-refractivity contribution in [3.63, 3.8) is 0 Å². The van der Waals surface area contributed by atoms with Gasteiger partial charge in [0, 0.05) is 24.2 Å². The first kappa shape index (κ1) is 15.5. The average Bonchev–Trinajstić information content (AvgIpc) is 3.11. The Morgan fingerprint density at radius 1 is 1.39 bits per heavy atom. The molecule has 1 aromatic carbocycles. The Balaban J connectivity index is 1.68. The molecule has 1 aliphatic rings. The highest BCUT2D eigenvalue weighted by atomic mass is 32.2. The van der Waals surface area contributed by atoms with E-state index in [0.29, 0.717) is 12.1 Å². The van der Waals surface area contributed by atoms with Gasteiger partial charge in [-0.2, -0.15) is 5.10 Å². The fourth-order valence-electron chi connectivity index (χ4n) is 2.61. The molecule has 2 heterocycles. The summed E-state index contributed by atoms with van der Waals surface area (Å²) in [5.74, 6) is -1.59. The minimum absolute atomic E-state index is 0.0490. The second-order valence-electron chi connectivity index (χ2n) is 5.60. The highest BCUT2D eigenvalue weighted by Crippen LogP contribution is 2.18. The number of aromatic nitrogens is 2. The molecule has 2 aromatic rings. The van der Waals surface area contributed by atoms with Gasteiger partial charge in [-0.3, -0.25) is 14.7 Å². The van der Waals surface area contributed by atoms with E-state index < -0.39 is 27.7 Å². The standard InChI is InChI=1S/C14H16N4O4S/c1-18(11-4-5-23(21,22)8-11)14(20)13(19)16-10-3-2-9-7-15-17-12(9)6-10/h2-3,6-7,11H,4-5,8H2,1H3,(H,15,17)(H,16,19). The van der Waals surface area contributed by atoms with Crippen LogP contribution in [0, 0.1) is 0 Å². The molecule has 0 saturated carbocycles. The molecule has 1 atom stereocenters. The summed E-state index contributed by atoms with van der Waals surface area (Å²) in [5, 5.41) is 10.1. The lowest BCUT2D eigenvalue weighted by atomic mass is 10.2. The molecule has 1 aliphatic heterocycles. The quantitative estimate of drug-likeness (QED) is 0.758. The van der Waals surface area contributed by atoms with E-state index >= 15 is 0 Å². The predicted octanol–water partition coefficient (Wildman–Crippen LogP) is 0.147. The number of benzene rings is 1. The third-order valence-corrected chi connectivity index (χ3v) is 5.72. The zero-order valence-electron chi connectivity index (χ0n) is 12.4. The monoisotopic (exact) mass is 336 g/mol. The summed E-state index contributed by atoms with van der Waals surface area (Å²) in [6.45, 7) is 0. The maximum absolute atomic E-state index is 12.2. The van der Waals surface area contributed by atoms with Crippen molar-refractivity contribution in [3.05, 3.63) is 24.4 Å². The number of carbonyl (C=O) groups is 2. The van der Waals surface area contributed by atoms with Crippen molar-refractivity contribution < 1.29 is 18.0 Å². The van der Waals surface area contributed by atoms with Crippen LogP contribution < -0.4 is 5.32 Å². The van der Waals surface area contributed by atoms with Crippen LogP contribution in [0.5, 0.6) is 0 Å². The van der Waals surface area contributed by atoms with Gasteiger partial charge in [-0.15, -0.1) is 0 Å². The molecule has 8 nitrogen and oxygen atoms in total. The Hall–Kier alpha value is -2.42. The topological polar surface area (TPSA) is 112 Å². The fourth-order valence-corrected chi connectivity index (χ4v) is 4.38. The van der Waals surface area contributed by atoms with Crippen molar-refractivity contribution in [1.82, 2.24) is 15.1 Å². The van der Waals surface area contributed by atoms with Gasteiger partial charge in [0.2, 0.25) is 0 Å². The lowest BCUT2D eigenvalue weighted by Gasteiger charge is -2.22. The molecule has 1 saturated heterocycles. The lowest BCUT2D eigenvalue weighted by Crippen LogP contribution is -2.43. The predicted molar refractivity (Wildman–Crippen MR) is 84.6 cm³/mol. The van der Waals surface area contributed by atoms with Gasteiger partial charge in [-0.25, -0.2) is 8.42 Å². The number of hydrogen-bond acceptors (Lipinski definition) is 5. The van der Waals surface area contributed by atoms with Gasteiger partial charge in [-0.1, -0.05) is 0 Å². The Labute approximate surface area is 132 Å². The van der Waals surface area contributed by atoms with Crippen molar-refractivity contribution in [2.75, 3.05) is 23.9 Å². The summed E-state index contributed by atoms with van der Waals surface area (Å²) in [6, 6.07) is 4.66. The normalized spacial score (nSPS) is 19.6. The molecular formula is C14H16N4O4S. The molecule has 9 heteroatoms. The van der Waals surface area contributed by atoms with Crippen LogP contribution in [0.2, 0.25) is 0 Å². The van der Waals surface area contributed by atoms with E-state index in [-0.39, 0.29) is 11.5 Å². The highest BCUT2D eigenvalue weighted by molar-refractivity contribution is 7.91. The van der Waals surface area contributed by atoms with Gasteiger partial charge in [0.15, 0.2) is 9.84 Å². The largest absolute Gasteiger partial charge is 0.333 e. The summed E-state index contributed by atoms with van der Waals surface area (Å²) >= 11 is 0.